The number of H-pyrrole nitrogens is 1. The molecular formula is C3H7N5O. The molecule has 0 spiro atoms. The lowest BCUT2D eigenvalue weighted by atomic mass is 10.3. The van der Waals surface area contributed by atoms with Gasteiger partial charge in [0, 0.05) is 6.54 Å². The lowest BCUT2D eigenvalue weighted by Gasteiger charge is -1.97. The van der Waals surface area contributed by atoms with Crippen LogP contribution in [0.2, 0.25) is 0 Å². The third-order valence-electron chi connectivity index (χ3n) is 0.883. The Labute approximate surface area is 51.1 Å². The minimum absolute atomic E-state index is 0.111. The van der Waals surface area contributed by atoms with Crippen LogP contribution in [-0.2, 0) is 0 Å². The number of nitrogens with two attached hydrogens (primary N) is 1. The normalized spacial score (nSPS) is 13.6. The number of hydrogen-bond donors (Lipinski definition) is 3. The zero-order chi connectivity index (χ0) is 6.69. The highest BCUT2D eigenvalue weighted by atomic mass is 16.3. The molecule has 0 unspecified atom stereocenters. The first-order valence-electron chi connectivity index (χ1n) is 2.46. The molecule has 6 heteroatoms. The summed E-state index contributed by atoms with van der Waals surface area (Å²) in [5.74, 6) is 0.234. The molecule has 9 heavy (non-hydrogen) atoms. The number of nitrogens with one attached hydrogen (secondary N) is 1. The minimum atomic E-state index is -0.802. The first-order valence-corrected chi connectivity index (χ1v) is 2.46. The van der Waals surface area contributed by atoms with Gasteiger partial charge in [0.1, 0.15) is 6.10 Å². The van der Waals surface area contributed by atoms with E-state index in [1.165, 1.54) is 0 Å². The summed E-state index contributed by atoms with van der Waals surface area (Å²) in [6.45, 7) is 0.111. The zero-order valence-electron chi connectivity index (χ0n) is 4.65. The summed E-state index contributed by atoms with van der Waals surface area (Å²) in [5, 5.41) is 21.4. The van der Waals surface area contributed by atoms with Crippen molar-refractivity contribution in [1.29, 1.82) is 0 Å². The number of tetrazole rings is 1. The van der Waals surface area contributed by atoms with Crippen molar-refractivity contribution in [3.63, 3.8) is 0 Å². The molecule has 1 atom stereocenters. The number of hydrogen-bond acceptors (Lipinski definition) is 5. The van der Waals surface area contributed by atoms with Crippen molar-refractivity contribution >= 4 is 0 Å². The fourth-order valence-electron chi connectivity index (χ4n) is 0.416. The molecule has 4 N–H and O–H groups in total. The van der Waals surface area contributed by atoms with Gasteiger partial charge in [-0.3, -0.25) is 0 Å². The fourth-order valence-corrected chi connectivity index (χ4v) is 0.416. The van der Waals surface area contributed by atoms with Gasteiger partial charge < -0.3 is 10.8 Å². The van der Waals surface area contributed by atoms with Crippen LogP contribution >= 0.6 is 0 Å². The van der Waals surface area contributed by atoms with Crippen LogP contribution in [0.15, 0.2) is 0 Å². The fraction of sp³-hybridized carbons (Fsp3) is 0.667. The third-order valence-corrected chi connectivity index (χ3v) is 0.883. The van der Waals surface area contributed by atoms with E-state index in [0.717, 1.165) is 0 Å². The quantitative estimate of drug-likeness (QED) is 0.437. The van der Waals surface area contributed by atoms with Gasteiger partial charge in [0.25, 0.3) is 0 Å². The van der Waals surface area contributed by atoms with Crippen LogP contribution < -0.4 is 5.73 Å². The SMILES string of the molecule is NC[C@H](O)c1nn[nH]n1. The van der Waals surface area contributed by atoms with Crippen LogP contribution in [0.5, 0.6) is 0 Å². The van der Waals surface area contributed by atoms with Crippen molar-refractivity contribution in [1.82, 2.24) is 20.6 Å². The molecule has 1 aromatic rings. The summed E-state index contributed by atoms with van der Waals surface area (Å²) < 4.78 is 0. The van der Waals surface area contributed by atoms with E-state index in [0.29, 0.717) is 0 Å². The third kappa shape index (κ3) is 1.21. The van der Waals surface area contributed by atoms with Gasteiger partial charge in [-0.1, -0.05) is 5.21 Å². The molecular weight excluding hydrogens is 122 g/mol. The number of aromatic nitrogens is 4. The molecule has 0 bridgehead atoms. The molecule has 1 aromatic heterocycles. The molecule has 0 aliphatic rings. The second-order valence-corrected chi connectivity index (χ2v) is 1.52. The lowest BCUT2D eigenvalue weighted by Crippen LogP contribution is -2.12. The van der Waals surface area contributed by atoms with Gasteiger partial charge in [-0.15, -0.1) is 10.2 Å². The number of aliphatic hydroxyl groups is 1. The van der Waals surface area contributed by atoms with E-state index in [1.54, 1.807) is 0 Å². The van der Waals surface area contributed by atoms with Gasteiger partial charge in [0.05, 0.1) is 0 Å². The van der Waals surface area contributed by atoms with Gasteiger partial charge in [0.2, 0.25) is 5.82 Å². The predicted molar refractivity (Wildman–Crippen MR) is 28.2 cm³/mol. The highest BCUT2D eigenvalue weighted by Crippen LogP contribution is 1.99. The first kappa shape index (κ1) is 6.12. The molecule has 0 saturated heterocycles. The summed E-state index contributed by atoms with van der Waals surface area (Å²) in [5.41, 5.74) is 5.09. The van der Waals surface area contributed by atoms with Crippen molar-refractivity contribution < 1.29 is 5.11 Å². The Balaban J connectivity index is 2.65. The maximum absolute atomic E-state index is 8.91. The van der Waals surface area contributed by atoms with Gasteiger partial charge in [0.15, 0.2) is 0 Å². The molecule has 0 radical (unpaired) electrons. The van der Waals surface area contributed by atoms with Crippen LogP contribution in [0.3, 0.4) is 0 Å². The van der Waals surface area contributed by atoms with E-state index in [2.05, 4.69) is 20.6 Å². The maximum atomic E-state index is 8.91. The monoisotopic (exact) mass is 129 g/mol. The highest BCUT2D eigenvalue weighted by Gasteiger charge is 2.08. The number of aliphatic hydroxyl groups excluding tert-OH is 1. The van der Waals surface area contributed by atoms with Crippen LogP contribution in [0.1, 0.15) is 11.9 Å². The predicted octanol–water partition coefficient (Wildman–Crippen LogP) is -1.81. The van der Waals surface area contributed by atoms with Crippen molar-refractivity contribution in [2.45, 2.75) is 6.10 Å². The number of nitrogens with zero attached hydrogens (tertiary/aromatic N) is 3. The standard InChI is InChI=1S/C3H7N5O/c4-1-2(9)3-5-7-8-6-3/h2,9H,1,4H2,(H,5,6,7,8)/t2-/m0/s1. The van der Waals surface area contributed by atoms with Gasteiger partial charge >= 0.3 is 0 Å². The highest BCUT2D eigenvalue weighted by molar-refractivity contribution is 4.82. The summed E-state index contributed by atoms with van der Waals surface area (Å²) in [6, 6.07) is 0. The average molecular weight is 129 g/mol. The Kier molecular flexibility index (Phi) is 1.71. The summed E-state index contributed by atoms with van der Waals surface area (Å²) in [6.07, 6.45) is -0.802. The van der Waals surface area contributed by atoms with E-state index >= 15 is 0 Å². The smallest absolute Gasteiger partial charge is 0.204 e. The molecule has 1 heterocycles. The van der Waals surface area contributed by atoms with Crippen LogP contribution in [0, 0.1) is 0 Å². The number of rotatable bonds is 2. The Morgan fingerprint density at radius 1 is 1.78 bits per heavy atom. The minimum Gasteiger partial charge on any atom is -0.384 e. The summed E-state index contributed by atoms with van der Waals surface area (Å²) in [4.78, 5) is 0. The Bertz CT molecular complexity index is 161. The van der Waals surface area contributed by atoms with Crippen molar-refractivity contribution in [3.05, 3.63) is 5.82 Å². The molecule has 0 fully saturated rings. The molecule has 50 valence electrons. The van der Waals surface area contributed by atoms with Gasteiger partial charge in [-0.05, 0) is 0 Å². The largest absolute Gasteiger partial charge is 0.384 e. The van der Waals surface area contributed by atoms with E-state index in [-0.39, 0.29) is 12.4 Å². The topological polar surface area (TPSA) is 101 Å². The molecule has 0 aliphatic heterocycles. The Morgan fingerprint density at radius 2 is 2.56 bits per heavy atom. The second-order valence-electron chi connectivity index (χ2n) is 1.52. The second kappa shape index (κ2) is 2.51. The van der Waals surface area contributed by atoms with E-state index in [9.17, 15) is 0 Å². The van der Waals surface area contributed by atoms with Crippen molar-refractivity contribution in [3.8, 4) is 0 Å². The van der Waals surface area contributed by atoms with E-state index in [1.807, 2.05) is 0 Å². The van der Waals surface area contributed by atoms with Crippen LogP contribution in [-0.4, -0.2) is 32.3 Å². The first-order chi connectivity index (χ1) is 4.34. The Morgan fingerprint density at radius 3 is 3.00 bits per heavy atom. The summed E-state index contributed by atoms with van der Waals surface area (Å²) >= 11 is 0. The van der Waals surface area contributed by atoms with Crippen LogP contribution in [0.4, 0.5) is 0 Å². The summed E-state index contributed by atoms with van der Waals surface area (Å²) in [7, 11) is 0. The average Bonchev–Trinajstić information content (AvgIpc) is 2.37. The number of aromatic amines is 1. The molecule has 6 nitrogen and oxygen atoms in total. The van der Waals surface area contributed by atoms with Crippen molar-refractivity contribution in [2.24, 2.45) is 5.73 Å². The molecule has 1 rings (SSSR count). The molecule has 0 aliphatic carbocycles. The van der Waals surface area contributed by atoms with Crippen molar-refractivity contribution in [2.75, 3.05) is 6.54 Å². The van der Waals surface area contributed by atoms with Crippen LogP contribution in [0.25, 0.3) is 0 Å². The van der Waals surface area contributed by atoms with E-state index in [4.69, 9.17) is 10.8 Å². The molecule has 0 saturated carbocycles. The molecule has 0 amide bonds. The molecule has 0 aromatic carbocycles. The maximum Gasteiger partial charge on any atom is 0.204 e. The van der Waals surface area contributed by atoms with Gasteiger partial charge in [-0.2, -0.15) is 5.21 Å². The lowest BCUT2D eigenvalue weighted by molar-refractivity contribution is 0.176. The van der Waals surface area contributed by atoms with Gasteiger partial charge in [-0.25, -0.2) is 0 Å². The van der Waals surface area contributed by atoms with E-state index < -0.39 is 6.10 Å². The zero-order valence-corrected chi connectivity index (χ0v) is 4.65. The Hall–Kier alpha value is -1.01.